The Kier molecular flexibility index (Phi) is 3.97. The highest BCUT2D eigenvalue weighted by molar-refractivity contribution is 7.90. The van der Waals surface area contributed by atoms with Gasteiger partial charge in [0, 0.05) is 44.1 Å². The number of hydrogen-bond donors (Lipinski definition) is 1. The van der Waals surface area contributed by atoms with Gasteiger partial charge in [-0.25, -0.2) is 18.4 Å². The van der Waals surface area contributed by atoms with Gasteiger partial charge in [0.25, 0.3) is 0 Å². The van der Waals surface area contributed by atoms with Crippen LogP contribution in [-0.2, 0) is 23.1 Å². The lowest BCUT2D eigenvalue weighted by Gasteiger charge is -2.23. The van der Waals surface area contributed by atoms with Crippen molar-refractivity contribution in [1.82, 2.24) is 24.1 Å². The standard InChI is InChI=1S/C15H20N6O2S/c22-24(23,14-2-3-14)20-9-12(8-18-15-16-5-1-6-17-15)10-21-13(11-20)4-7-19-21/h1,4-7,12,14H,2-3,8-11H2,(H,16,17,18)/t12-/m0/s1. The van der Waals surface area contributed by atoms with Crippen LogP contribution in [0.4, 0.5) is 5.95 Å². The average Bonchev–Trinajstić information content (AvgIpc) is 3.38. The number of fused-ring (bicyclic) bond motifs is 1. The largest absolute Gasteiger partial charge is 0.354 e. The summed E-state index contributed by atoms with van der Waals surface area (Å²) in [5, 5.41) is 7.34. The van der Waals surface area contributed by atoms with E-state index in [0.717, 1.165) is 18.5 Å². The fourth-order valence-electron chi connectivity index (χ4n) is 3.02. The molecule has 8 nitrogen and oxygen atoms in total. The molecule has 1 fully saturated rings. The van der Waals surface area contributed by atoms with Crippen LogP contribution in [0.1, 0.15) is 18.5 Å². The monoisotopic (exact) mass is 348 g/mol. The van der Waals surface area contributed by atoms with Crippen molar-refractivity contribution in [1.29, 1.82) is 0 Å². The Balaban J connectivity index is 1.53. The smallest absolute Gasteiger partial charge is 0.222 e. The topological polar surface area (TPSA) is 93.0 Å². The summed E-state index contributed by atoms with van der Waals surface area (Å²) in [6.45, 7) is 2.16. The Morgan fingerprint density at radius 3 is 2.71 bits per heavy atom. The Morgan fingerprint density at radius 2 is 1.96 bits per heavy atom. The summed E-state index contributed by atoms with van der Waals surface area (Å²) in [6.07, 6.45) is 6.64. The molecule has 2 aliphatic rings. The van der Waals surface area contributed by atoms with Crippen LogP contribution in [0, 0.1) is 5.92 Å². The van der Waals surface area contributed by atoms with Gasteiger partial charge in [0.05, 0.1) is 17.5 Å². The highest BCUT2D eigenvalue weighted by atomic mass is 32.2. The minimum absolute atomic E-state index is 0.100. The predicted molar refractivity (Wildman–Crippen MR) is 88.6 cm³/mol. The van der Waals surface area contributed by atoms with E-state index in [2.05, 4.69) is 20.4 Å². The Morgan fingerprint density at radius 1 is 1.17 bits per heavy atom. The second-order valence-corrected chi connectivity index (χ2v) is 8.57. The summed E-state index contributed by atoms with van der Waals surface area (Å²) < 4.78 is 28.9. The highest BCUT2D eigenvalue weighted by Gasteiger charge is 2.41. The molecule has 2 aromatic rings. The number of nitrogens with one attached hydrogen (secondary N) is 1. The van der Waals surface area contributed by atoms with Crippen LogP contribution in [0.5, 0.6) is 0 Å². The van der Waals surface area contributed by atoms with Crippen LogP contribution >= 0.6 is 0 Å². The van der Waals surface area contributed by atoms with Gasteiger partial charge in [-0.15, -0.1) is 0 Å². The zero-order chi connectivity index (χ0) is 16.6. The van der Waals surface area contributed by atoms with Gasteiger partial charge in [-0.1, -0.05) is 0 Å². The van der Waals surface area contributed by atoms with Gasteiger partial charge < -0.3 is 5.32 Å². The molecule has 9 heteroatoms. The van der Waals surface area contributed by atoms with Crippen LogP contribution in [0.25, 0.3) is 0 Å². The SMILES string of the molecule is O=S(=O)(C1CC1)N1Cc2ccnn2C[C@@H](CNc2ncccn2)C1. The van der Waals surface area contributed by atoms with Crippen LogP contribution in [0.15, 0.2) is 30.7 Å². The molecule has 1 atom stereocenters. The molecule has 1 saturated carbocycles. The van der Waals surface area contributed by atoms with E-state index in [1.807, 2.05) is 10.7 Å². The molecular formula is C15H20N6O2S. The maximum absolute atomic E-state index is 12.7. The second kappa shape index (κ2) is 6.14. The molecule has 1 aliphatic heterocycles. The van der Waals surface area contributed by atoms with Crippen molar-refractivity contribution in [2.45, 2.75) is 31.2 Å². The number of rotatable bonds is 5. The third-order valence-corrected chi connectivity index (χ3v) is 6.77. The van der Waals surface area contributed by atoms with Gasteiger partial charge in [-0.3, -0.25) is 4.68 Å². The Hall–Kier alpha value is -2.00. The van der Waals surface area contributed by atoms with Crippen LogP contribution < -0.4 is 5.32 Å². The number of sulfonamides is 1. The maximum Gasteiger partial charge on any atom is 0.222 e. The fourth-order valence-corrected chi connectivity index (χ4v) is 4.90. The first-order valence-corrected chi connectivity index (χ1v) is 9.64. The molecule has 1 aliphatic carbocycles. The molecule has 0 unspecified atom stereocenters. The van der Waals surface area contributed by atoms with Crippen LogP contribution in [0.2, 0.25) is 0 Å². The van der Waals surface area contributed by atoms with Crippen molar-refractivity contribution in [2.75, 3.05) is 18.4 Å². The fraction of sp³-hybridized carbons (Fsp3) is 0.533. The molecule has 128 valence electrons. The van der Waals surface area contributed by atoms with E-state index in [-0.39, 0.29) is 11.2 Å². The van der Waals surface area contributed by atoms with Crippen molar-refractivity contribution >= 4 is 16.0 Å². The molecule has 0 saturated heterocycles. The molecule has 2 aromatic heterocycles. The summed E-state index contributed by atoms with van der Waals surface area (Å²) in [5.41, 5.74) is 0.942. The lowest BCUT2D eigenvalue weighted by Crippen LogP contribution is -2.38. The quantitative estimate of drug-likeness (QED) is 0.855. The molecule has 0 amide bonds. The maximum atomic E-state index is 12.7. The van der Waals surface area contributed by atoms with Crippen LogP contribution in [-0.4, -0.2) is 50.8 Å². The van der Waals surface area contributed by atoms with Crippen molar-refractivity contribution in [3.63, 3.8) is 0 Å². The van der Waals surface area contributed by atoms with Crippen molar-refractivity contribution < 1.29 is 8.42 Å². The van der Waals surface area contributed by atoms with Gasteiger partial charge in [0.15, 0.2) is 0 Å². The summed E-state index contributed by atoms with van der Waals surface area (Å²) in [7, 11) is -3.22. The Labute approximate surface area is 141 Å². The van der Waals surface area contributed by atoms with Crippen molar-refractivity contribution in [3.05, 3.63) is 36.4 Å². The first-order valence-electron chi connectivity index (χ1n) is 8.13. The third-order valence-electron chi connectivity index (χ3n) is 4.46. The lowest BCUT2D eigenvalue weighted by atomic mass is 10.1. The van der Waals surface area contributed by atoms with E-state index in [1.165, 1.54) is 0 Å². The van der Waals surface area contributed by atoms with E-state index in [1.54, 1.807) is 29.0 Å². The number of nitrogens with zero attached hydrogens (tertiary/aromatic N) is 5. The molecular weight excluding hydrogens is 328 g/mol. The Bertz CT molecular complexity index is 802. The van der Waals surface area contributed by atoms with Gasteiger partial charge in [-0.2, -0.15) is 9.40 Å². The van der Waals surface area contributed by atoms with E-state index >= 15 is 0 Å². The van der Waals surface area contributed by atoms with E-state index < -0.39 is 10.0 Å². The van der Waals surface area contributed by atoms with Gasteiger partial charge in [0.2, 0.25) is 16.0 Å². The zero-order valence-corrected chi connectivity index (χ0v) is 14.1. The summed E-state index contributed by atoms with van der Waals surface area (Å²) in [4.78, 5) is 8.30. The second-order valence-electron chi connectivity index (χ2n) is 6.36. The molecule has 1 N–H and O–H groups in total. The third kappa shape index (κ3) is 3.13. The highest BCUT2D eigenvalue weighted by Crippen LogP contribution is 2.33. The van der Waals surface area contributed by atoms with Gasteiger partial charge >= 0.3 is 0 Å². The average molecular weight is 348 g/mol. The van der Waals surface area contributed by atoms with Crippen LogP contribution in [0.3, 0.4) is 0 Å². The number of hydrogen-bond acceptors (Lipinski definition) is 6. The first kappa shape index (κ1) is 15.5. The zero-order valence-electron chi connectivity index (χ0n) is 13.2. The molecule has 3 heterocycles. The summed E-state index contributed by atoms with van der Waals surface area (Å²) in [5.74, 6) is 0.655. The van der Waals surface area contributed by atoms with Crippen molar-refractivity contribution in [3.8, 4) is 0 Å². The minimum Gasteiger partial charge on any atom is -0.354 e. The van der Waals surface area contributed by atoms with E-state index in [9.17, 15) is 8.42 Å². The van der Waals surface area contributed by atoms with Crippen molar-refractivity contribution in [2.24, 2.45) is 5.92 Å². The molecule has 0 radical (unpaired) electrons. The molecule has 4 rings (SSSR count). The van der Waals surface area contributed by atoms with E-state index in [4.69, 9.17) is 0 Å². The molecule has 0 bridgehead atoms. The molecule has 0 aromatic carbocycles. The van der Waals surface area contributed by atoms with Gasteiger partial charge in [0.1, 0.15) is 0 Å². The first-order chi connectivity index (χ1) is 11.6. The lowest BCUT2D eigenvalue weighted by molar-refractivity contribution is 0.345. The molecule has 24 heavy (non-hydrogen) atoms. The minimum atomic E-state index is -3.22. The van der Waals surface area contributed by atoms with Gasteiger partial charge in [-0.05, 0) is 25.0 Å². The summed E-state index contributed by atoms with van der Waals surface area (Å²) >= 11 is 0. The summed E-state index contributed by atoms with van der Waals surface area (Å²) in [6, 6.07) is 3.66. The molecule has 0 spiro atoms. The van der Waals surface area contributed by atoms with E-state index in [0.29, 0.717) is 32.1 Å². The number of aromatic nitrogens is 4. The normalized spacial score (nSPS) is 21.9. The number of anilines is 1. The predicted octanol–water partition coefficient (Wildman–Crippen LogP) is 0.709.